The van der Waals surface area contributed by atoms with Crippen LogP contribution in [0.1, 0.15) is 18.1 Å². The largest absolute Gasteiger partial charge is 0.508 e. The number of allylic oxidation sites excluding steroid dienone is 2. The Morgan fingerprint density at radius 1 is 0.952 bits per heavy atom. The number of phenolic OH excluding ortho intramolecular Hbond substituents is 1. The third kappa shape index (κ3) is 2.50. The molecule has 21 heavy (non-hydrogen) atoms. The fraction of sp³-hybridized carbons (Fsp3) is 0.158. The van der Waals surface area contributed by atoms with Crippen molar-refractivity contribution >= 4 is 5.57 Å². The number of benzene rings is 2. The molecule has 2 aromatic rings. The number of phenols is 1. The van der Waals surface area contributed by atoms with Gasteiger partial charge in [-0.25, -0.2) is 0 Å². The van der Waals surface area contributed by atoms with Crippen LogP contribution in [0.5, 0.6) is 5.75 Å². The van der Waals surface area contributed by atoms with Crippen LogP contribution in [0.3, 0.4) is 0 Å². The van der Waals surface area contributed by atoms with Crippen molar-refractivity contribution in [2.24, 2.45) is 5.92 Å². The summed E-state index contributed by atoms with van der Waals surface area (Å²) in [5, 5.41) is 20.3. The number of aromatic hydroxyl groups is 1. The van der Waals surface area contributed by atoms with Gasteiger partial charge in [0, 0.05) is 5.92 Å². The minimum Gasteiger partial charge on any atom is -0.508 e. The molecule has 2 aromatic carbocycles. The number of hydrogen-bond acceptors (Lipinski definition) is 2. The van der Waals surface area contributed by atoms with Gasteiger partial charge in [0.25, 0.3) is 0 Å². The van der Waals surface area contributed by atoms with Crippen molar-refractivity contribution in [3.05, 3.63) is 84.0 Å². The van der Waals surface area contributed by atoms with Crippen molar-refractivity contribution in [3.8, 4) is 5.75 Å². The molecular formula is C19H18O2. The molecule has 2 nitrogen and oxygen atoms in total. The van der Waals surface area contributed by atoms with Crippen LogP contribution < -0.4 is 0 Å². The predicted octanol–water partition coefficient (Wildman–Crippen LogP) is 3.87. The van der Waals surface area contributed by atoms with Gasteiger partial charge in [0.15, 0.2) is 0 Å². The van der Waals surface area contributed by atoms with E-state index < -0.39 is 5.60 Å². The predicted molar refractivity (Wildman–Crippen MR) is 84.7 cm³/mol. The first-order valence-corrected chi connectivity index (χ1v) is 7.08. The average molecular weight is 278 g/mol. The van der Waals surface area contributed by atoms with Gasteiger partial charge in [0.05, 0.1) is 0 Å². The highest BCUT2D eigenvalue weighted by atomic mass is 16.3. The summed E-state index contributed by atoms with van der Waals surface area (Å²) in [5.74, 6) is 0.224. The van der Waals surface area contributed by atoms with E-state index in [-0.39, 0.29) is 11.7 Å². The Kier molecular flexibility index (Phi) is 3.40. The maximum Gasteiger partial charge on any atom is 0.115 e. The number of hydrogen-bond donors (Lipinski definition) is 2. The molecule has 106 valence electrons. The zero-order valence-corrected chi connectivity index (χ0v) is 11.9. The number of aliphatic hydroxyl groups is 1. The minimum absolute atomic E-state index is 0.0336. The quantitative estimate of drug-likeness (QED) is 0.875. The van der Waals surface area contributed by atoms with E-state index >= 15 is 0 Å². The molecule has 0 amide bonds. The average Bonchev–Trinajstić information content (AvgIpc) is 2.52. The summed E-state index contributed by atoms with van der Waals surface area (Å²) in [7, 11) is 0. The summed E-state index contributed by atoms with van der Waals surface area (Å²) in [4.78, 5) is 0. The molecule has 1 aliphatic carbocycles. The van der Waals surface area contributed by atoms with Crippen LogP contribution in [0.4, 0.5) is 0 Å². The molecule has 2 atom stereocenters. The van der Waals surface area contributed by atoms with E-state index in [1.54, 1.807) is 12.1 Å². The van der Waals surface area contributed by atoms with Crippen LogP contribution in [0.15, 0.2) is 72.8 Å². The third-order valence-corrected chi connectivity index (χ3v) is 4.08. The molecule has 0 fully saturated rings. The first-order chi connectivity index (χ1) is 10.1. The van der Waals surface area contributed by atoms with Gasteiger partial charge < -0.3 is 10.2 Å². The Bertz CT molecular complexity index is 683. The molecule has 0 aliphatic heterocycles. The summed E-state index contributed by atoms with van der Waals surface area (Å²) >= 11 is 0. The summed E-state index contributed by atoms with van der Waals surface area (Å²) in [6.07, 6.45) is 5.87. The Hall–Kier alpha value is -2.32. The molecular weight excluding hydrogens is 260 g/mol. The highest BCUT2D eigenvalue weighted by Crippen LogP contribution is 2.38. The van der Waals surface area contributed by atoms with Crippen LogP contribution in [-0.4, -0.2) is 10.2 Å². The minimum atomic E-state index is -0.971. The van der Waals surface area contributed by atoms with E-state index in [2.05, 4.69) is 6.08 Å². The smallest absolute Gasteiger partial charge is 0.115 e. The molecule has 0 saturated carbocycles. The first kappa shape index (κ1) is 13.7. The van der Waals surface area contributed by atoms with Crippen molar-refractivity contribution in [2.45, 2.75) is 12.5 Å². The van der Waals surface area contributed by atoms with E-state index in [1.807, 2.05) is 61.5 Å². The van der Waals surface area contributed by atoms with Crippen LogP contribution in [0.25, 0.3) is 5.57 Å². The third-order valence-electron chi connectivity index (χ3n) is 4.08. The molecule has 0 radical (unpaired) electrons. The first-order valence-electron chi connectivity index (χ1n) is 7.08. The highest BCUT2D eigenvalue weighted by Gasteiger charge is 2.34. The second-order valence-electron chi connectivity index (χ2n) is 5.48. The normalized spacial score (nSPS) is 24.7. The van der Waals surface area contributed by atoms with E-state index in [9.17, 15) is 10.2 Å². The van der Waals surface area contributed by atoms with Gasteiger partial charge in [0.1, 0.15) is 11.4 Å². The lowest BCUT2D eigenvalue weighted by molar-refractivity contribution is 0.0507. The van der Waals surface area contributed by atoms with Gasteiger partial charge in [-0.1, -0.05) is 61.5 Å². The summed E-state index contributed by atoms with van der Waals surface area (Å²) < 4.78 is 0. The van der Waals surface area contributed by atoms with Gasteiger partial charge in [0.2, 0.25) is 0 Å². The lowest BCUT2D eigenvalue weighted by Gasteiger charge is -2.33. The summed E-state index contributed by atoms with van der Waals surface area (Å²) in [6, 6.07) is 16.8. The van der Waals surface area contributed by atoms with Gasteiger partial charge in [-0.05, 0) is 34.9 Å². The SMILES string of the molecule is CC1C=C(c2ccc(O)cc2)C=CC1(O)c1ccccc1. The van der Waals surface area contributed by atoms with Crippen molar-refractivity contribution in [3.63, 3.8) is 0 Å². The van der Waals surface area contributed by atoms with Crippen LogP contribution in [0.2, 0.25) is 0 Å². The van der Waals surface area contributed by atoms with Gasteiger partial charge >= 0.3 is 0 Å². The van der Waals surface area contributed by atoms with E-state index in [0.717, 1.165) is 16.7 Å². The zero-order valence-electron chi connectivity index (χ0n) is 11.9. The Morgan fingerprint density at radius 3 is 2.24 bits per heavy atom. The van der Waals surface area contributed by atoms with Gasteiger partial charge in [-0.15, -0.1) is 0 Å². The molecule has 2 heteroatoms. The molecule has 1 aliphatic rings. The standard InChI is InChI=1S/C19H18O2/c1-14-13-16(15-7-9-18(20)10-8-15)11-12-19(14,21)17-5-3-2-4-6-17/h2-14,20-21H,1H3. The molecule has 0 aromatic heterocycles. The zero-order chi connectivity index (χ0) is 14.9. The molecule has 3 rings (SSSR count). The van der Waals surface area contributed by atoms with Crippen molar-refractivity contribution in [1.82, 2.24) is 0 Å². The Balaban J connectivity index is 1.93. The highest BCUT2D eigenvalue weighted by molar-refractivity contribution is 5.76. The van der Waals surface area contributed by atoms with Crippen molar-refractivity contribution < 1.29 is 10.2 Å². The van der Waals surface area contributed by atoms with Crippen molar-refractivity contribution in [1.29, 1.82) is 0 Å². The van der Waals surface area contributed by atoms with Crippen LogP contribution in [0, 0.1) is 5.92 Å². The molecule has 0 heterocycles. The molecule has 0 saturated heterocycles. The monoisotopic (exact) mass is 278 g/mol. The fourth-order valence-corrected chi connectivity index (χ4v) is 2.73. The summed E-state index contributed by atoms with van der Waals surface area (Å²) in [5.41, 5.74) is 2.02. The topological polar surface area (TPSA) is 40.5 Å². The molecule has 0 bridgehead atoms. The van der Waals surface area contributed by atoms with Gasteiger partial charge in [-0.2, -0.15) is 0 Å². The van der Waals surface area contributed by atoms with Crippen LogP contribution >= 0.6 is 0 Å². The maximum atomic E-state index is 10.9. The fourth-order valence-electron chi connectivity index (χ4n) is 2.73. The Labute approximate surface area is 124 Å². The molecule has 2 N–H and O–H groups in total. The second-order valence-corrected chi connectivity index (χ2v) is 5.48. The molecule has 0 spiro atoms. The van der Waals surface area contributed by atoms with Crippen LogP contribution in [-0.2, 0) is 5.60 Å². The van der Waals surface area contributed by atoms with Gasteiger partial charge in [-0.3, -0.25) is 0 Å². The lowest BCUT2D eigenvalue weighted by atomic mass is 9.77. The van der Waals surface area contributed by atoms with Crippen molar-refractivity contribution in [2.75, 3.05) is 0 Å². The lowest BCUT2D eigenvalue weighted by Crippen LogP contribution is -2.32. The summed E-state index contributed by atoms with van der Waals surface area (Å²) in [6.45, 7) is 2.01. The van der Waals surface area contributed by atoms with E-state index in [1.165, 1.54) is 0 Å². The van der Waals surface area contributed by atoms with E-state index in [4.69, 9.17) is 0 Å². The Morgan fingerprint density at radius 2 is 1.62 bits per heavy atom. The second kappa shape index (κ2) is 5.23. The van der Waals surface area contributed by atoms with E-state index in [0.29, 0.717) is 0 Å². The maximum absolute atomic E-state index is 10.9. The molecule has 2 unspecified atom stereocenters. The number of rotatable bonds is 2.